The fourth-order valence-corrected chi connectivity index (χ4v) is 4.32. The number of carboxylic acids is 1. The maximum atomic E-state index is 15.1. The van der Waals surface area contributed by atoms with Gasteiger partial charge in [-0.1, -0.05) is 0 Å². The van der Waals surface area contributed by atoms with E-state index in [1.807, 2.05) is 0 Å². The molecule has 156 valence electrons. The van der Waals surface area contributed by atoms with Crippen LogP contribution in [0.4, 0.5) is 10.1 Å². The summed E-state index contributed by atoms with van der Waals surface area (Å²) in [5, 5.41) is 38.5. The van der Waals surface area contributed by atoms with Gasteiger partial charge in [-0.2, -0.15) is 0 Å². The van der Waals surface area contributed by atoms with Crippen molar-refractivity contribution in [3.63, 3.8) is 0 Å². The third-order valence-corrected chi connectivity index (χ3v) is 5.97. The molecule has 1 saturated heterocycles. The quantitative estimate of drug-likeness (QED) is 0.558. The van der Waals surface area contributed by atoms with Gasteiger partial charge < -0.3 is 29.9 Å². The van der Waals surface area contributed by atoms with E-state index < -0.39 is 35.5 Å². The third-order valence-electron chi connectivity index (χ3n) is 5.97. The number of carboxylic acid groups (broad SMARTS) is 1. The van der Waals surface area contributed by atoms with Crippen molar-refractivity contribution in [2.75, 3.05) is 18.0 Å². The topological polar surface area (TPSA) is 123 Å². The number of pyridine rings is 1. The molecule has 0 bridgehead atoms. The number of aliphatic hydroxyl groups excluding tert-OH is 2. The van der Waals surface area contributed by atoms with Crippen LogP contribution in [0.1, 0.15) is 41.2 Å². The monoisotopic (exact) mass is 406 g/mol. The summed E-state index contributed by atoms with van der Waals surface area (Å²) in [6.07, 6.45) is 0.624. The molecule has 2 aromatic rings. The molecule has 0 amide bonds. The van der Waals surface area contributed by atoms with Crippen LogP contribution in [0, 0.1) is 18.7 Å². The zero-order valence-corrected chi connectivity index (χ0v) is 15.9. The van der Waals surface area contributed by atoms with Crippen molar-refractivity contribution >= 4 is 22.6 Å². The Morgan fingerprint density at radius 2 is 1.97 bits per heavy atom. The molecule has 0 radical (unpaired) electrons. The van der Waals surface area contributed by atoms with Crippen LogP contribution in [0.2, 0.25) is 0 Å². The number of piperidine rings is 1. The second-order valence-corrected chi connectivity index (χ2v) is 7.92. The van der Waals surface area contributed by atoms with Crippen molar-refractivity contribution in [1.82, 2.24) is 4.57 Å². The number of nitrogens with zero attached hydrogens (tertiary/aromatic N) is 2. The van der Waals surface area contributed by atoms with E-state index in [9.17, 15) is 30.0 Å². The van der Waals surface area contributed by atoms with Crippen molar-refractivity contribution in [3.8, 4) is 0 Å². The number of aryl methyl sites for hydroxylation is 1. The summed E-state index contributed by atoms with van der Waals surface area (Å²) in [5.74, 6) is -2.88. The lowest BCUT2D eigenvalue weighted by Crippen LogP contribution is -2.48. The second kappa shape index (κ2) is 7.08. The van der Waals surface area contributed by atoms with E-state index in [2.05, 4.69) is 0 Å². The lowest BCUT2D eigenvalue weighted by Gasteiger charge is -2.39. The van der Waals surface area contributed by atoms with Crippen LogP contribution in [-0.2, 0) is 0 Å². The molecule has 2 heterocycles. The average molecular weight is 406 g/mol. The molecule has 1 aromatic heterocycles. The van der Waals surface area contributed by atoms with Gasteiger partial charge in [0.15, 0.2) is 6.29 Å². The lowest BCUT2D eigenvalue weighted by atomic mass is 9.92. The minimum Gasteiger partial charge on any atom is -0.477 e. The smallest absolute Gasteiger partial charge is 0.341 e. The van der Waals surface area contributed by atoms with Crippen LogP contribution in [-0.4, -0.2) is 56.4 Å². The van der Waals surface area contributed by atoms with Gasteiger partial charge in [0.05, 0.1) is 23.2 Å². The number of hydrogen-bond acceptors (Lipinski definition) is 6. The van der Waals surface area contributed by atoms with Gasteiger partial charge in [-0.3, -0.25) is 4.79 Å². The lowest BCUT2D eigenvalue weighted by molar-refractivity contribution is -0.120. The number of aromatic nitrogens is 1. The normalized spacial score (nSPS) is 22.5. The minimum absolute atomic E-state index is 0.0198. The third kappa shape index (κ3) is 3.29. The van der Waals surface area contributed by atoms with Gasteiger partial charge in [0.1, 0.15) is 11.4 Å². The van der Waals surface area contributed by atoms with Gasteiger partial charge in [0.25, 0.3) is 0 Å². The maximum absolute atomic E-state index is 15.1. The number of halogens is 1. The van der Waals surface area contributed by atoms with E-state index in [4.69, 9.17) is 0 Å². The number of hydrogen-bond donors (Lipinski definition) is 4. The summed E-state index contributed by atoms with van der Waals surface area (Å²) < 4.78 is 16.9. The Morgan fingerprint density at radius 1 is 1.28 bits per heavy atom. The summed E-state index contributed by atoms with van der Waals surface area (Å²) in [6, 6.07) is 1.13. The van der Waals surface area contributed by atoms with E-state index in [1.54, 1.807) is 16.4 Å². The van der Waals surface area contributed by atoms with Crippen molar-refractivity contribution in [3.05, 3.63) is 39.4 Å². The van der Waals surface area contributed by atoms with Crippen molar-refractivity contribution in [1.29, 1.82) is 0 Å². The van der Waals surface area contributed by atoms with Crippen LogP contribution in [0.3, 0.4) is 0 Å². The fourth-order valence-electron chi connectivity index (χ4n) is 4.32. The van der Waals surface area contributed by atoms with Crippen LogP contribution in [0.5, 0.6) is 0 Å². The maximum Gasteiger partial charge on any atom is 0.341 e. The molecule has 2 fully saturated rings. The van der Waals surface area contributed by atoms with Crippen molar-refractivity contribution in [2.24, 2.45) is 5.92 Å². The first-order valence-electron chi connectivity index (χ1n) is 9.61. The van der Waals surface area contributed by atoms with Gasteiger partial charge in [0.2, 0.25) is 5.43 Å². The number of aromatic carboxylic acids is 1. The van der Waals surface area contributed by atoms with Crippen molar-refractivity contribution < 1.29 is 29.6 Å². The highest BCUT2D eigenvalue weighted by Crippen LogP contribution is 2.40. The predicted molar refractivity (Wildman–Crippen MR) is 103 cm³/mol. The highest BCUT2D eigenvalue weighted by atomic mass is 19.1. The molecule has 2 atom stereocenters. The number of anilines is 1. The molecule has 1 aliphatic carbocycles. The summed E-state index contributed by atoms with van der Waals surface area (Å²) >= 11 is 0. The van der Waals surface area contributed by atoms with Gasteiger partial charge in [-0.15, -0.1) is 0 Å². The Kier molecular flexibility index (Phi) is 4.84. The second-order valence-electron chi connectivity index (χ2n) is 7.92. The number of aliphatic hydroxyl groups is 3. The number of carbonyl (C=O) groups is 1. The molecule has 0 spiro atoms. The SMILES string of the molecule is Cc1c(N2CCC(O)C(C(O)O)C2)c(F)cc2c(=O)c(C(=O)O)cn(C3CC3)c12. The zero-order valence-electron chi connectivity index (χ0n) is 15.9. The Balaban J connectivity index is 1.91. The number of benzene rings is 1. The molecular formula is C20H23FN2O6. The summed E-state index contributed by atoms with van der Waals surface area (Å²) in [7, 11) is 0. The van der Waals surface area contributed by atoms with E-state index in [0.717, 1.165) is 18.9 Å². The van der Waals surface area contributed by atoms with E-state index in [0.29, 0.717) is 17.6 Å². The molecule has 1 aromatic carbocycles. The molecule has 4 rings (SSSR count). The van der Waals surface area contributed by atoms with Gasteiger partial charge in [-0.05, 0) is 37.8 Å². The Hall–Kier alpha value is -2.49. The van der Waals surface area contributed by atoms with Crippen LogP contribution in [0.15, 0.2) is 17.1 Å². The van der Waals surface area contributed by atoms with E-state index in [1.165, 1.54) is 6.20 Å². The average Bonchev–Trinajstić information content (AvgIpc) is 3.48. The van der Waals surface area contributed by atoms with E-state index >= 15 is 4.39 Å². The molecule has 1 aliphatic heterocycles. The molecule has 1 saturated carbocycles. The summed E-state index contributed by atoms with van der Waals surface area (Å²) in [5.41, 5.74) is 0.0951. The first-order valence-corrected chi connectivity index (χ1v) is 9.61. The van der Waals surface area contributed by atoms with Gasteiger partial charge in [-0.25, -0.2) is 9.18 Å². The van der Waals surface area contributed by atoms with E-state index in [-0.39, 0.29) is 35.6 Å². The first-order chi connectivity index (χ1) is 13.7. The summed E-state index contributed by atoms with van der Waals surface area (Å²) in [4.78, 5) is 25.8. The standard InChI is InChI=1S/C20H23FN2O6/c1-9-16-11(18(25)13(20(28)29)8-23(16)10-2-3-10)6-14(21)17(9)22-5-4-15(24)12(7-22)19(26)27/h6,8,10,12,15,19,24,26-27H,2-5,7H2,1H3,(H,28,29). The Labute approximate surface area is 165 Å². The van der Waals surface area contributed by atoms with Crippen LogP contribution in [0.25, 0.3) is 10.9 Å². The van der Waals surface area contributed by atoms with Gasteiger partial charge >= 0.3 is 5.97 Å². The molecule has 29 heavy (non-hydrogen) atoms. The van der Waals surface area contributed by atoms with Gasteiger partial charge in [0, 0.05) is 30.7 Å². The number of rotatable bonds is 4. The van der Waals surface area contributed by atoms with Crippen molar-refractivity contribution in [2.45, 2.75) is 44.6 Å². The highest BCUT2D eigenvalue weighted by molar-refractivity contribution is 5.95. The molecule has 8 nitrogen and oxygen atoms in total. The molecule has 4 N–H and O–H groups in total. The number of fused-ring (bicyclic) bond motifs is 1. The molecule has 9 heteroatoms. The predicted octanol–water partition coefficient (Wildman–Crippen LogP) is 0.980. The first kappa shape index (κ1) is 19.8. The molecular weight excluding hydrogens is 383 g/mol. The van der Waals surface area contributed by atoms with Crippen LogP contribution < -0.4 is 10.3 Å². The molecule has 2 unspecified atom stereocenters. The largest absolute Gasteiger partial charge is 0.477 e. The Morgan fingerprint density at radius 3 is 2.55 bits per heavy atom. The minimum atomic E-state index is -1.74. The zero-order chi connectivity index (χ0) is 21.0. The Bertz CT molecular complexity index is 1050. The summed E-state index contributed by atoms with van der Waals surface area (Å²) in [6.45, 7) is 2.03. The molecule has 2 aliphatic rings. The fraction of sp³-hybridized carbons (Fsp3) is 0.500. The highest BCUT2D eigenvalue weighted by Gasteiger charge is 2.35. The van der Waals surface area contributed by atoms with Crippen LogP contribution >= 0.6 is 0 Å².